The van der Waals surface area contributed by atoms with Crippen LogP contribution in [0, 0.1) is 12.3 Å². The number of aromatic nitrogens is 1. The Morgan fingerprint density at radius 1 is 1.61 bits per heavy atom. The highest BCUT2D eigenvalue weighted by atomic mass is 35.5. The molecule has 1 amide bonds. The maximum Gasteiger partial charge on any atom is 0.323 e. The SMILES string of the molecule is C#CCN(CC(=O)O)C(=O)c1cc(Cl)cn1CC. The topological polar surface area (TPSA) is 62.5 Å². The van der Waals surface area contributed by atoms with Crippen LogP contribution < -0.4 is 0 Å². The lowest BCUT2D eigenvalue weighted by atomic mass is 10.3. The highest BCUT2D eigenvalue weighted by Gasteiger charge is 2.21. The van der Waals surface area contributed by atoms with Gasteiger partial charge < -0.3 is 14.6 Å². The van der Waals surface area contributed by atoms with E-state index in [1.54, 1.807) is 10.8 Å². The van der Waals surface area contributed by atoms with Crippen molar-refractivity contribution in [2.75, 3.05) is 13.1 Å². The summed E-state index contributed by atoms with van der Waals surface area (Å²) in [5, 5.41) is 9.17. The molecule has 0 fully saturated rings. The van der Waals surface area contributed by atoms with Gasteiger partial charge in [0.2, 0.25) is 0 Å². The van der Waals surface area contributed by atoms with Crippen molar-refractivity contribution in [1.29, 1.82) is 0 Å². The summed E-state index contributed by atoms with van der Waals surface area (Å²) in [6, 6.07) is 1.50. The summed E-state index contributed by atoms with van der Waals surface area (Å²) in [7, 11) is 0. The minimum absolute atomic E-state index is 0.0579. The summed E-state index contributed by atoms with van der Waals surface area (Å²) >= 11 is 5.83. The smallest absolute Gasteiger partial charge is 0.323 e. The second-order valence-corrected chi connectivity index (χ2v) is 4.03. The van der Waals surface area contributed by atoms with Crippen molar-refractivity contribution in [3.8, 4) is 12.3 Å². The van der Waals surface area contributed by atoms with E-state index in [4.69, 9.17) is 23.1 Å². The summed E-state index contributed by atoms with van der Waals surface area (Å²) in [6.07, 6.45) is 6.74. The zero-order valence-corrected chi connectivity index (χ0v) is 10.6. The number of hydrogen-bond acceptors (Lipinski definition) is 2. The summed E-state index contributed by atoms with van der Waals surface area (Å²) in [6.45, 7) is 1.92. The summed E-state index contributed by atoms with van der Waals surface area (Å²) < 4.78 is 1.65. The van der Waals surface area contributed by atoms with E-state index in [1.807, 2.05) is 6.92 Å². The van der Waals surface area contributed by atoms with Crippen LogP contribution in [0.3, 0.4) is 0 Å². The Bertz CT molecular complexity index is 502. The number of carbonyl (C=O) groups excluding carboxylic acids is 1. The van der Waals surface area contributed by atoms with Gasteiger partial charge in [-0.25, -0.2) is 0 Å². The molecule has 0 bridgehead atoms. The molecule has 0 saturated heterocycles. The second kappa shape index (κ2) is 6.12. The Morgan fingerprint density at radius 2 is 2.28 bits per heavy atom. The van der Waals surface area contributed by atoms with Gasteiger partial charge >= 0.3 is 5.97 Å². The fourth-order valence-corrected chi connectivity index (χ4v) is 1.77. The van der Waals surface area contributed by atoms with Gasteiger partial charge in [-0.2, -0.15) is 0 Å². The Labute approximate surface area is 110 Å². The molecular formula is C12H13ClN2O3. The third kappa shape index (κ3) is 3.28. The van der Waals surface area contributed by atoms with Crippen LogP contribution in [-0.4, -0.2) is 39.5 Å². The third-order valence-corrected chi connectivity index (χ3v) is 2.53. The quantitative estimate of drug-likeness (QED) is 0.820. The number of carbonyl (C=O) groups is 2. The van der Waals surface area contributed by atoms with Gasteiger partial charge in [0.15, 0.2) is 0 Å². The van der Waals surface area contributed by atoms with Crippen molar-refractivity contribution in [2.24, 2.45) is 0 Å². The molecule has 1 heterocycles. The van der Waals surface area contributed by atoms with E-state index in [-0.39, 0.29) is 6.54 Å². The average Bonchev–Trinajstić information content (AvgIpc) is 2.68. The molecule has 0 atom stereocenters. The largest absolute Gasteiger partial charge is 0.480 e. The number of rotatable bonds is 5. The number of halogens is 1. The Kier molecular flexibility index (Phi) is 4.81. The van der Waals surface area contributed by atoms with Gasteiger partial charge in [0.1, 0.15) is 12.2 Å². The molecule has 0 aliphatic heterocycles. The third-order valence-electron chi connectivity index (χ3n) is 2.32. The minimum atomic E-state index is -1.11. The van der Waals surface area contributed by atoms with Gasteiger partial charge in [-0.3, -0.25) is 9.59 Å². The first-order valence-electron chi connectivity index (χ1n) is 5.29. The Balaban J connectivity index is 3.01. The summed E-state index contributed by atoms with van der Waals surface area (Å²) in [4.78, 5) is 23.9. The summed E-state index contributed by atoms with van der Waals surface area (Å²) in [5.41, 5.74) is 0.332. The number of carboxylic acids is 1. The molecule has 1 aromatic heterocycles. The number of terminal acetylenes is 1. The van der Waals surface area contributed by atoms with E-state index in [9.17, 15) is 9.59 Å². The van der Waals surface area contributed by atoms with Gasteiger partial charge in [-0.05, 0) is 13.0 Å². The van der Waals surface area contributed by atoms with Crippen molar-refractivity contribution >= 4 is 23.5 Å². The number of aryl methyl sites for hydroxylation is 1. The molecule has 0 aliphatic carbocycles. The zero-order valence-electron chi connectivity index (χ0n) is 9.89. The van der Waals surface area contributed by atoms with Crippen LogP contribution in [0.25, 0.3) is 0 Å². The average molecular weight is 269 g/mol. The summed E-state index contributed by atoms with van der Waals surface area (Å²) in [5.74, 6) is 0.715. The number of nitrogens with zero attached hydrogens (tertiary/aromatic N) is 2. The van der Waals surface area contributed by atoms with Gasteiger partial charge in [0, 0.05) is 12.7 Å². The van der Waals surface area contributed by atoms with Crippen LogP contribution in [0.1, 0.15) is 17.4 Å². The number of hydrogen-bond donors (Lipinski definition) is 1. The predicted octanol–water partition coefficient (Wildman–Crippen LogP) is 1.32. The second-order valence-electron chi connectivity index (χ2n) is 3.59. The van der Waals surface area contributed by atoms with Crippen LogP contribution in [-0.2, 0) is 11.3 Å². The van der Waals surface area contributed by atoms with Crippen molar-refractivity contribution in [1.82, 2.24) is 9.47 Å². The van der Waals surface area contributed by atoms with E-state index >= 15 is 0 Å². The first-order chi connectivity index (χ1) is 8.49. The van der Waals surface area contributed by atoms with Gasteiger partial charge in [-0.1, -0.05) is 17.5 Å². The van der Waals surface area contributed by atoms with Gasteiger partial charge in [-0.15, -0.1) is 6.42 Å². The van der Waals surface area contributed by atoms with Crippen LogP contribution >= 0.6 is 11.6 Å². The van der Waals surface area contributed by atoms with E-state index in [0.717, 1.165) is 4.90 Å². The van der Waals surface area contributed by atoms with Crippen LogP contribution in [0.15, 0.2) is 12.3 Å². The molecule has 0 spiro atoms. The molecule has 6 heteroatoms. The molecule has 0 radical (unpaired) electrons. The van der Waals surface area contributed by atoms with E-state index < -0.39 is 18.4 Å². The van der Waals surface area contributed by atoms with Gasteiger partial charge in [0.25, 0.3) is 5.91 Å². The van der Waals surface area contributed by atoms with E-state index in [0.29, 0.717) is 17.3 Å². The first-order valence-corrected chi connectivity index (χ1v) is 5.67. The molecule has 96 valence electrons. The maximum atomic E-state index is 12.2. The highest BCUT2D eigenvalue weighted by Crippen LogP contribution is 2.16. The molecule has 0 aliphatic rings. The van der Waals surface area contributed by atoms with Crippen molar-refractivity contribution < 1.29 is 14.7 Å². The first kappa shape index (κ1) is 14.1. The lowest BCUT2D eigenvalue weighted by Crippen LogP contribution is -2.37. The molecule has 5 nitrogen and oxygen atoms in total. The normalized spacial score (nSPS) is 9.83. The van der Waals surface area contributed by atoms with E-state index in [1.165, 1.54) is 6.07 Å². The van der Waals surface area contributed by atoms with Crippen LogP contribution in [0.4, 0.5) is 0 Å². The lowest BCUT2D eigenvalue weighted by molar-refractivity contribution is -0.137. The molecule has 1 aromatic rings. The lowest BCUT2D eigenvalue weighted by Gasteiger charge is -2.18. The van der Waals surface area contributed by atoms with Crippen LogP contribution in [0.5, 0.6) is 0 Å². The molecule has 18 heavy (non-hydrogen) atoms. The van der Waals surface area contributed by atoms with Crippen molar-refractivity contribution in [3.05, 3.63) is 23.0 Å². The predicted molar refractivity (Wildman–Crippen MR) is 67.5 cm³/mol. The molecular weight excluding hydrogens is 256 g/mol. The molecule has 0 aromatic carbocycles. The number of amides is 1. The molecule has 0 saturated carbocycles. The minimum Gasteiger partial charge on any atom is -0.480 e. The molecule has 0 unspecified atom stereocenters. The maximum absolute atomic E-state index is 12.2. The monoisotopic (exact) mass is 268 g/mol. The fraction of sp³-hybridized carbons (Fsp3) is 0.333. The molecule has 1 rings (SSSR count). The standard InChI is InChI=1S/C12H13ClN2O3/c1-3-5-15(8-11(16)17)12(18)10-6-9(13)7-14(10)4-2/h1,6-7H,4-5,8H2,2H3,(H,16,17). The Morgan fingerprint density at radius 3 is 2.78 bits per heavy atom. The van der Waals surface area contributed by atoms with Crippen molar-refractivity contribution in [2.45, 2.75) is 13.5 Å². The molecule has 1 N–H and O–H groups in total. The Hall–Kier alpha value is -1.93. The highest BCUT2D eigenvalue weighted by molar-refractivity contribution is 6.31. The number of carboxylic acid groups (broad SMARTS) is 1. The fourth-order valence-electron chi connectivity index (χ4n) is 1.55. The van der Waals surface area contributed by atoms with Crippen molar-refractivity contribution in [3.63, 3.8) is 0 Å². The zero-order chi connectivity index (χ0) is 13.7. The van der Waals surface area contributed by atoms with Gasteiger partial charge in [0.05, 0.1) is 11.6 Å². The van der Waals surface area contributed by atoms with Crippen LogP contribution in [0.2, 0.25) is 5.02 Å². The number of aliphatic carboxylic acids is 1. The van der Waals surface area contributed by atoms with E-state index in [2.05, 4.69) is 5.92 Å².